The minimum Gasteiger partial charge on any atom is -0.338 e. The van der Waals surface area contributed by atoms with Crippen molar-refractivity contribution in [1.29, 1.82) is 0 Å². The molecular formula is C14H11F2N3. The maximum absolute atomic E-state index is 13.6. The highest BCUT2D eigenvalue weighted by molar-refractivity contribution is 5.80. The Labute approximate surface area is 108 Å². The van der Waals surface area contributed by atoms with Gasteiger partial charge in [-0.1, -0.05) is 0 Å². The first-order chi connectivity index (χ1) is 9.06. The molecule has 0 aliphatic heterocycles. The highest BCUT2D eigenvalue weighted by Gasteiger charge is 2.14. The molecule has 96 valence electrons. The average molecular weight is 259 g/mol. The van der Waals surface area contributed by atoms with E-state index < -0.39 is 11.6 Å². The van der Waals surface area contributed by atoms with Crippen LogP contribution in [-0.4, -0.2) is 15.0 Å². The first-order valence-electron chi connectivity index (χ1n) is 5.84. The molecule has 0 aliphatic carbocycles. The Morgan fingerprint density at radius 3 is 2.53 bits per heavy atom. The van der Waals surface area contributed by atoms with Crippen molar-refractivity contribution in [1.82, 2.24) is 15.0 Å². The molecule has 0 spiro atoms. The SMILES string of the molecule is Cc1ccc(-c2nc3c(F)c(F)ccc3[nH]2)c(C)n1. The number of nitrogens with one attached hydrogen (secondary N) is 1. The molecule has 3 nitrogen and oxygen atoms in total. The van der Waals surface area contributed by atoms with E-state index in [-0.39, 0.29) is 5.52 Å². The maximum Gasteiger partial charge on any atom is 0.186 e. The van der Waals surface area contributed by atoms with Crippen LogP contribution in [0, 0.1) is 25.5 Å². The van der Waals surface area contributed by atoms with E-state index in [9.17, 15) is 8.78 Å². The number of pyridine rings is 1. The number of imidazole rings is 1. The van der Waals surface area contributed by atoms with E-state index in [1.54, 1.807) is 0 Å². The summed E-state index contributed by atoms with van der Waals surface area (Å²) in [5.74, 6) is -1.34. The van der Waals surface area contributed by atoms with Gasteiger partial charge in [-0.25, -0.2) is 13.8 Å². The molecule has 0 unspecified atom stereocenters. The van der Waals surface area contributed by atoms with Crippen LogP contribution < -0.4 is 0 Å². The number of rotatable bonds is 1. The molecule has 2 aromatic heterocycles. The second-order valence-electron chi connectivity index (χ2n) is 4.43. The van der Waals surface area contributed by atoms with Gasteiger partial charge >= 0.3 is 0 Å². The lowest BCUT2D eigenvalue weighted by Crippen LogP contribution is -1.91. The summed E-state index contributed by atoms with van der Waals surface area (Å²) in [7, 11) is 0. The van der Waals surface area contributed by atoms with Crippen molar-refractivity contribution >= 4 is 11.0 Å². The van der Waals surface area contributed by atoms with Crippen LogP contribution in [-0.2, 0) is 0 Å². The Bertz CT molecular complexity index is 778. The van der Waals surface area contributed by atoms with Gasteiger partial charge in [-0.05, 0) is 38.1 Å². The zero-order chi connectivity index (χ0) is 13.6. The van der Waals surface area contributed by atoms with E-state index in [1.165, 1.54) is 6.07 Å². The quantitative estimate of drug-likeness (QED) is 0.726. The van der Waals surface area contributed by atoms with Gasteiger partial charge < -0.3 is 4.98 Å². The van der Waals surface area contributed by atoms with Crippen molar-refractivity contribution in [2.24, 2.45) is 0 Å². The summed E-state index contributed by atoms with van der Waals surface area (Å²) in [6.45, 7) is 3.75. The number of halogens is 2. The summed E-state index contributed by atoms with van der Waals surface area (Å²) in [5.41, 5.74) is 2.94. The third-order valence-electron chi connectivity index (χ3n) is 3.03. The number of hydrogen-bond acceptors (Lipinski definition) is 2. The highest BCUT2D eigenvalue weighted by atomic mass is 19.2. The van der Waals surface area contributed by atoms with E-state index in [1.807, 2.05) is 26.0 Å². The summed E-state index contributed by atoms with van der Waals surface area (Å²) in [4.78, 5) is 11.4. The predicted octanol–water partition coefficient (Wildman–Crippen LogP) is 3.52. The molecule has 5 heteroatoms. The first kappa shape index (κ1) is 11.8. The molecule has 0 bridgehead atoms. The van der Waals surface area contributed by atoms with Gasteiger partial charge in [0.1, 0.15) is 11.3 Å². The normalized spacial score (nSPS) is 11.2. The molecule has 0 saturated carbocycles. The highest BCUT2D eigenvalue weighted by Crippen LogP contribution is 2.25. The number of nitrogens with zero attached hydrogens (tertiary/aromatic N) is 2. The molecule has 3 rings (SSSR count). The van der Waals surface area contributed by atoms with Crippen LogP contribution in [0.4, 0.5) is 8.78 Å². The topological polar surface area (TPSA) is 41.6 Å². The minimum atomic E-state index is -0.933. The molecule has 0 atom stereocenters. The van der Waals surface area contributed by atoms with Crippen molar-refractivity contribution < 1.29 is 8.78 Å². The lowest BCUT2D eigenvalue weighted by molar-refractivity contribution is 0.515. The smallest absolute Gasteiger partial charge is 0.186 e. The molecule has 0 fully saturated rings. The zero-order valence-corrected chi connectivity index (χ0v) is 10.5. The van der Waals surface area contributed by atoms with Gasteiger partial charge in [0.25, 0.3) is 0 Å². The van der Waals surface area contributed by atoms with Crippen LogP contribution in [0.2, 0.25) is 0 Å². The fourth-order valence-corrected chi connectivity index (χ4v) is 2.08. The maximum atomic E-state index is 13.6. The number of fused-ring (bicyclic) bond motifs is 1. The Morgan fingerprint density at radius 2 is 1.79 bits per heavy atom. The summed E-state index contributed by atoms with van der Waals surface area (Å²) in [5, 5.41) is 0. The van der Waals surface area contributed by atoms with Gasteiger partial charge in [0.2, 0.25) is 0 Å². The van der Waals surface area contributed by atoms with Crippen molar-refractivity contribution in [3.05, 3.63) is 47.3 Å². The number of aromatic nitrogens is 3. The first-order valence-corrected chi connectivity index (χ1v) is 5.84. The summed E-state index contributed by atoms with van der Waals surface area (Å²) in [6, 6.07) is 6.27. The van der Waals surface area contributed by atoms with E-state index in [2.05, 4.69) is 15.0 Å². The van der Waals surface area contributed by atoms with Gasteiger partial charge in [-0.15, -0.1) is 0 Å². The van der Waals surface area contributed by atoms with Crippen LogP contribution in [0.15, 0.2) is 24.3 Å². The molecular weight excluding hydrogens is 248 g/mol. The largest absolute Gasteiger partial charge is 0.338 e. The fourth-order valence-electron chi connectivity index (χ4n) is 2.08. The van der Waals surface area contributed by atoms with E-state index >= 15 is 0 Å². The van der Waals surface area contributed by atoms with Crippen LogP contribution >= 0.6 is 0 Å². The number of benzene rings is 1. The van der Waals surface area contributed by atoms with Gasteiger partial charge in [-0.3, -0.25) is 4.98 Å². The third-order valence-corrected chi connectivity index (χ3v) is 3.03. The lowest BCUT2D eigenvalue weighted by atomic mass is 10.2. The Balaban J connectivity index is 2.23. The van der Waals surface area contributed by atoms with Crippen molar-refractivity contribution in [3.63, 3.8) is 0 Å². The van der Waals surface area contributed by atoms with Crippen LogP contribution in [0.3, 0.4) is 0 Å². The van der Waals surface area contributed by atoms with Gasteiger partial charge in [0, 0.05) is 17.0 Å². The molecule has 1 aromatic carbocycles. The van der Waals surface area contributed by atoms with Gasteiger partial charge in [0.05, 0.1) is 5.52 Å². The Kier molecular flexibility index (Phi) is 2.55. The Morgan fingerprint density at radius 1 is 1.00 bits per heavy atom. The van der Waals surface area contributed by atoms with Crippen molar-refractivity contribution in [3.8, 4) is 11.4 Å². The molecule has 0 aliphatic rings. The van der Waals surface area contributed by atoms with E-state index in [4.69, 9.17) is 0 Å². The molecule has 3 aromatic rings. The average Bonchev–Trinajstić information content (AvgIpc) is 2.78. The zero-order valence-electron chi connectivity index (χ0n) is 10.5. The fraction of sp³-hybridized carbons (Fsp3) is 0.143. The minimum absolute atomic E-state index is 0.00924. The summed E-state index contributed by atoms with van der Waals surface area (Å²) < 4.78 is 26.8. The second-order valence-corrected chi connectivity index (χ2v) is 4.43. The molecule has 1 N–H and O–H groups in total. The number of aromatic amines is 1. The van der Waals surface area contributed by atoms with Crippen LogP contribution in [0.1, 0.15) is 11.4 Å². The van der Waals surface area contributed by atoms with Crippen LogP contribution in [0.5, 0.6) is 0 Å². The Hall–Kier alpha value is -2.30. The molecule has 2 heterocycles. The molecule has 0 amide bonds. The number of aryl methyl sites for hydroxylation is 2. The second kappa shape index (κ2) is 4.12. The van der Waals surface area contributed by atoms with Gasteiger partial charge in [0.15, 0.2) is 11.6 Å². The molecule has 19 heavy (non-hydrogen) atoms. The lowest BCUT2D eigenvalue weighted by Gasteiger charge is -2.02. The predicted molar refractivity (Wildman–Crippen MR) is 68.7 cm³/mol. The third kappa shape index (κ3) is 1.87. The van der Waals surface area contributed by atoms with Crippen molar-refractivity contribution in [2.75, 3.05) is 0 Å². The standard InChI is InChI=1S/C14H11F2N3/c1-7-3-4-9(8(2)17-7)14-18-11-6-5-10(15)12(16)13(11)19-14/h3-6H,1-2H3,(H,18,19). The van der Waals surface area contributed by atoms with Crippen molar-refractivity contribution in [2.45, 2.75) is 13.8 Å². The summed E-state index contributed by atoms with van der Waals surface area (Å²) >= 11 is 0. The van der Waals surface area contributed by atoms with Crippen LogP contribution in [0.25, 0.3) is 22.4 Å². The van der Waals surface area contributed by atoms with Gasteiger partial charge in [-0.2, -0.15) is 0 Å². The number of H-pyrrole nitrogens is 1. The number of hydrogen-bond donors (Lipinski definition) is 1. The monoisotopic (exact) mass is 259 g/mol. The summed E-state index contributed by atoms with van der Waals surface area (Å²) in [6.07, 6.45) is 0. The molecule has 0 saturated heterocycles. The van der Waals surface area contributed by atoms with E-state index in [0.29, 0.717) is 11.3 Å². The molecule has 0 radical (unpaired) electrons. The van der Waals surface area contributed by atoms with E-state index in [0.717, 1.165) is 23.0 Å².